The Labute approximate surface area is 120 Å². The van der Waals surface area contributed by atoms with Gasteiger partial charge < -0.3 is 14.4 Å². The fraction of sp³-hybridized carbons (Fsp3) is 0.267. The molecule has 110 valence electrons. The molecule has 0 atom stereocenters. The standard InChI is InChI=1S/C15H15NO5/c1-9(17)12-7-16(8-14(18)19)13-5-10(3-4-11(12)13)6-15(20)21-2/h3-5,7H,6,8H2,1-2H3,(H,18,19). The van der Waals surface area contributed by atoms with E-state index in [9.17, 15) is 14.4 Å². The van der Waals surface area contributed by atoms with Crippen molar-refractivity contribution < 1.29 is 24.2 Å². The Hall–Kier alpha value is -2.63. The van der Waals surface area contributed by atoms with E-state index in [1.165, 1.54) is 24.8 Å². The molecule has 2 rings (SSSR count). The molecule has 2 aromatic rings. The number of esters is 1. The molecular formula is C15H15NO5. The molecule has 0 bridgehead atoms. The van der Waals surface area contributed by atoms with Crippen LogP contribution < -0.4 is 0 Å². The highest BCUT2D eigenvalue weighted by Crippen LogP contribution is 2.24. The number of carbonyl (C=O) groups excluding carboxylic acids is 2. The molecule has 6 heteroatoms. The Morgan fingerprint density at radius 2 is 2.00 bits per heavy atom. The molecule has 0 aliphatic heterocycles. The van der Waals surface area contributed by atoms with Gasteiger partial charge in [0.25, 0.3) is 0 Å². The second kappa shape index (κ2) is 5.78. The first kappa shape index (κ1) is 14.8. The van der Waals surface area contributed by atoms with Gasteiger partial charge in [-0.25, -0.2) is 0 Å². The summed E-state index contributed by atoms with van der Waals surface area (Å²) in [6.45, 7) is 1.19. The van der Waals surface area contributed by atoms with Crippen LogP contribution in [0.4, 0.5) is 0 Å². The van der Waals surface area contributed by atoms with Gasteiger partial charge in [0.2, 0.25) is 0 Å². The number of carboxylic acids is 1. The van der Waals surface area contributed by atoms with Crippen LogP contribution in [-0.2, 0) is 27.3 Å². The van der Waals surface area contributed by atoms with Crippen LogP contribution in [0.1, 0.15) is 22.8 Å². The first-order chi connectivity index (χ1) is 9.92. The van der Waals surface area contributed by atoms with Crippen molar-refractivity contribution in [1.29, 1.82) is 0 Å². The van der Waals surface area contributed by atoms with Crippen molar-refractivity contribution in [2.45, 2.75) is 19.9 Å². The van der Waals surface area contributed by atoms with Crippen molar-refractivity contribution in [2.75, 3.05) is 7.11 Å². The molecule has 0 saturated heterocycles. The van der Waals surface area contributed by atoms with Crippen LogP contribution in [0.2, 0.25) is 0 Å². The number of aromatic nitrogens is 1. The lowest BCUT2D eigenvalue weighted by molar-refractivity contribution is -0.140. The van der Waals surface area contributed by atoms with E-state index in [2.05, 4.69) is 4.74 Å². The SMILES string of the molecule is COC(=O)Cc1ccc2c(C(C)=O)cn(CC(=O)O)c2c1. The average Bonchev–Trinajstić information content (AvgIpc) is 2.76. The topological polar surface area (TPSA) is 85.6 Å². The molecule has 1 N–H and O–H groups in total. The van der Waals surface area contributed by atoms with Crippen LogP contribution >= 0.6 is 0 Å². The van der Waals surface area contributed by atoms with E-state index in [1.807, 2.05) is 0 Å². The van der Waals surface area contributed by atoms with Gasteiger partial charge in [0, 0.05) is 22.7 Å². The molecule has 1 heterocycles. The number of nitrogens with zero attached hydrogens (tertiary/aromatic N) is 1. The predicted molar refractivity (Wildman–Crippen MR) is 75.3 cm³/mol. The number of hydrogen-bond donors (Lipinski definition) is 1. The van der Waals surface area contributed by atoms with Gasteiger partial charge >= 0.3 is 11.9 Å². The quantitative estimate of drug-likeness (QED) is 0.668. The number of hydrogen-bond acceptors (Lipinski definition) is 4. The molecule has 0 fully saturated rings. The lowest BCUT2D eigenvalue weighted by atomic mass is 10.1. The second-order valence-corrected chi connectivity index (χ2v) is 4.73. The van der Waals surface area contributed by atoms with Gasteiger partial charge in [0.15, 0.2) is 5.78 Å². The molecule has 21 heavy (non-hydrogen) atoms. The molecular weight excluding hydrogens is 274 g/mol. The number of carbonyl (C=O) groups is 3. The number of methoxy groups -OCH3 is 1. The molecule has 6 nitrogen and oxygen atoms in total. The Morgan fingerprint density at radius 3 is 2.57 bits per heavy atom. The summed E-state index contributed by atoms with van der Waals surface area (Å²) < 4.78 is 6.11. The molecule has 0 saturated carbocycles. The third-order valence-electron chi connectivity index (χ3n) is 3.21. The van der Waals surface area contributed by atoms with Gasteiger partial charge in [-0.1, -0.05) is 12.1 Å². The largest absolute Gasteiger partial charge is 0.480 e. The van der Waals surface area contributed by atoms with Crippen LogP contribution in [0.25, 0.3) is 10.9 Å². The van der Waals surface area contributed by atoms with Crippen LogP contribution in [0.15, 0.2) is 24.4 Å². The summed E-state index contributed by atoms with van der Waals surface area (Å²) >= 11 is 0. The summed E-state index contributed by atoms with van der Waals surface area (Å²) in [5, 5.41) is 9.63. The van der Waals surface area contributed by atoms with Gasteiger partial charge in [-0.2, -0.15) is 0 Å². The van der Waals surface area contributed by atoms with E-state index in [1.54, 1.807) is 18.2 Å². The van der Waals surface area contributed by atoms with Crippen LogP contribution in [0.3, 0.4) is 0 Å². The number of rotatable bonds is 5. The maximum Gasteiger partial charge on any atom is 0.323 e. The van der Waals surface area contributed by atoms with E-state index in [4.69, 9.17) is 5.11 Å². The fourth-order valence-electron chi connectivity index (χ4n) is 2.24. The number of carboxylic acid groups (broad SMARTS) is 1. The maximum absolute atomic E-state index is 11.6. The van der Waals surface area contributed by atoms with E-state index in [0.717, 1.165) is 0 Å². The summed E-state index contributed by atoms with van der Waals surface area (Å²) in [6, 6.07) is 5.17. The molecule has 1 aromatic heterocycles. The molecule has 0 aliphatic rings. The van der Waals surface area contributed by atoms with Gasteiger partial charge in [-0.3, -0.25) is 14.4 Å². The van der Waals surface area contributed by atoms with E-state index in [0.29, 0.717) is 22.0 Å². The maximum atomic E-state index is 11.6. The highest BCUT2D eigenvalue weighted by atomic mass is 16.5. The fourth-order valence-corrected chi connectivity index (χ4v) is 2.24. The zero-order chi connectivity index (χ0) is 15.6. The number of benzene rings is 1. The van der Waals surface area contributed by atoms with Crippen molar-refractivity contribution in [3.05, 3.63) is 35.5 Å². The van der Waals surface area contributed by atoms with Crippen molar-refractivity contribution in [3.8, 4) is 0 Å². The first-order valence-corrected chi connectivity index (χ1v) is 6.33. The lowest BCUT2D eigenvalue weighted by Crippen LogP contribution is -2.08. The molecule has 0 amide bonds. The van der Waals surface area contributed by atoms with Crippen molar-refractivity contribution in [2.24, 2.45) is 0 Å². The first-order valence-electron chi connectivity index (χ1n) is 6.33. The summed E-state index contributed by atoms with van der Waals surface area (Å²) in [7, 11) is 1.31. The summed E-state index contributed by atoms with van der Waals surface area (Å²) in [5.41, 5.74) is 1.79. The molecule has 0 unspecified atom stereocenters. The zero-order valence-corrected chi connectivity index (χ0v) is 11.8. The summed E-state index contributed by atoms with van der Waals surface area (Å²) in [5.74, 6) is -1.51. The Morgan fingerprint density at radius 1 is 1.29 bits per heavy atom. The number of fused-ring (bicyclic) bond motifs is 1. The normalized spacial score (nSPS) is 10.6. The van der Waals surface area contributed by atoms with Gasteiger partial charge in [0.05, 0.1) is 13.5 Å². The summed E-state index contributed by atoms with van der Waals surface area (Å²) in [6.07, 6.45) is 1.63. The van der Waals surface area contributed by atoms with Gasteiger partial charge in [0.1, 0.15) is 6.54 Å². The highest BCUT2D eigenvalue weighted by molar-refractivity contribution is 6.07. The number of ether oxygens (including phenoxy) is 1. The molecule has 1 aromatic carbocycles. The molecule has 0 radical (unpaired) electrons. The van der Waals surface area contributed by atoms with Crippen LogP contribution in [0, 0.1) is 0 Å². The van der Waals surface area contributed by atoms with E-state index >= 15 is 0 Å². The Bertz CT molecular complexity index is 729. The lowest BCUT2D eigenvalue weighted by Gasteiger charge is -2.04. The smallest absolute Gasteiger partial charge is 0.323 e. The highest BCUT2D eigenvalue weighted by Gasteiger charge is 2.15. The zero-order valence-electron chi connectivity index (χ0n) is 11.8. The predicted octanol–water partition coefficient (Wildman–Crippen LogP) is 1.64. The Balaban J connectivity index is 2.54. The Kier molecular flexibility index (Phi) is 4.07. The number of Topliss-reactive ketones (excluding diaryl/α,β-unsaturated/α-hetero) is 1. The minimum Gasteiger partial charge on any atom is -0.480 e. The van der Waals surface area contributed by atoms with E-state index in [-0.39, 0.29) is 24.7 Å². The minimum atomic E-state index is -1.000. The van der Waals surface area contributed by atoms with Crippen LogP contribution in [0.5, 0.6) is 0 Å². The third kappa shape index (κ3) is 3.10. The second-order valence-electron chi connectivity index (χ2n) is 4.73. The van der Waals surface area contributed by atoms with E-state index < -0.39 is 5.97 Å². The minimum absolute atomic E-state index is 0.0973. The van der Waals surface area contributed by atoms with Crippen LogP contribution in [-0.4, -0.2) is 34.5 Å². The molecule has 0 aliphatic carbocycles. The van der Waals surface area contributed by atoms with Gasteiger partial charge in [-0.05, 0) is 18.6 Å². The van der Waals surface area contributed by atoms with Crippen molar-refractivity contribution in [3.63, 3.8) is 0 Å². The summed E-state index contributed by atoms with van der Waals surface area (Å²) in [4.78, 5) is 33.9. The number of aliphatic carboxylic acids is 1. The number of ketones is 1. The average molecular weight is 289 g/mol. The third-order valence-corrected chi connectivity index (χ3v) is 3.21. The van der Waals surface area contributed by atoms with Crippen molar-refractivity contribution in [1.82, 2.24) is 4.57 Å². The van der Waals surface area contributed by atoms with Crippen molar-refractivity contribution >= 4 is 28.6 Å². The molecule has 0 spiro atoms. The van der Waals surface area contributed by atoms with Gasteiger partial charge in [-0.15, -0.1) is 0 Å². The monoisotopic (exact) mass is 289 g/mol.